The minimum atomic E-state index is -2.69. The van der Waals surface area contributed by atoms with Crippen molar-refractivity contribution in [2.45, 2.75) is 62.6 Å². The summed E-state index contributed by atoms with van der Waals surface area (Å²) in [5.74, 6) is 3.84. The summed E-state index contributed by atoms with van der Waals surface area (Å²) in [6, 6.07) is 12.1. The summed E-state index contributed by atoms with van der Waals surface area (Å²) < 4.78 is 39.7. The maximum Gasteiger partial charge on any atom is 0.249 e. The molecule has 2 unspecified atom stereocenters. The van der Waals surface area contributed by atoms with Gasteiger partial charge in [-0.3, -0.25) is 39.3 Å². The van der Waals surface area contributed by atoms with E-state index < -0.39 is 33.1 Å². The number of benzene rings is 3. The molecule has 4 fully saturated rings. The number of carbonyl (C=O) groups excluding carboxylic acids is 3. The monoisotopic (exact) mass is 1120 g/mol. The second-order valence-electron chi connectivity index (χ2n) is 20.0. The number of hydrogen-bond acceptors (Lipinski definition) is 17. The average Bonchev–Trinajstić information content (AvgIpc) is 3.86. The molecule has 0 aliphatic carbocycles. The number of imide groups is 1. The van der Waals surface area contributed by atoms with Crippen molar-refractivity contribution in [2.24, 2.45) is 7.05 Å². The van der Waals surface area contributed by atoms with Crippen LogP contribution in [0.25, 0.3) is 22.2 Å². The molecule has 400 valence electrons. The van der Waals surface area contributed by atoms with Crippen molar-refractivity contribution >= 4 is 106 Å². The summed E-state index contributed by atoms with van der Waals surface area (Å²) in [7, 11) is 0.825. The Morgan fingerprint density at radius 3 is 2.38 bits per heavy atom. The number of nitrogens with zero attached hydrogens (tertiary/aromatic N) is 10. The number of ether oxygens (including phenoxy) is 1. The molecule has 7 heterocycles. The number of nitrogens with one attached hydrogen (secondary N) is 5. The number of aliphatic hydroxyl groups is 1. The number of anilines is 8. The molecule has 3 aromatic carbocycles. The number of methoxy groups -OCH3 is 1. The number of piperidine rings is 3. The van der Waals surface area contributed by atoms with Gasteiger partial charge in [0.05, 0.1) is 58.1 Å². The molecule has 4 saturated heterocycles. The molecule has 24 heteroatoms. The summed E-state index contributed by atoms with van der Waals surface area (Å²) in [4.78, 5) is 64.3. The number of fused-ring (bicyclic) bond motifs is 1. The van der Waals surface area contributed by atoms with Crippen molar-refractivity contribution in [3.63, 3.8) is 0 Å². The fourth-order valence-corrected chi connectivity index (χ4v) is 11.5. The molecule has 10 rings (SSSR count). The molecular weight excluding hydrogens is 1060 g/mol. The van der Waals surface area contributed by atoms with E-state index in [1.807, 2.05) is 53.5 Å². The van der Waals surface area contributed by atoms with Crippen molar-refractivity contribution in [3.8, 4) is 16.9 Å². The van der Waals surface area contributed by atoms with Crippen LogP contribution in [0.5, 0.6) is 5.75 Å². The molecule has 4 aliphatic heterocycles. The minimum absolute atomic E-state index is 0.0189. The topological polar surface area (TPSA) is 240 Å². The van der Waals surface area contributed by atoms with Crippen LogP contribution in [0.15, 0.2) is 77.9 Å². The van der Waals surface area contributed by atoms with Crippen LogP contribution >= 0.6 is 15.9 Å². The first-order valence-electron chi connectivity index (χ1n) is 25.2. The Morgan fingerprint density at radius 2 is 1.68 bits per heavy atom. The highest BCUT2D eigenvalue weighted by atomic mass is 79.9. The van der Waals surface area contributed by atoms with Crippen molar-refractivity contribution in [1.82, 2.24) is 44.8 Å². The number of rotatable bonds is 15. The first-order valence-corrected chi connectivity index (χ1v) is 28.2. The third kappa shape index (κ3) is 11.8. The Balaban J connectivity index is 0.748. The smallest absolute Gasteiger partial charge is 0.249 e. The molecule has 0 saturated carbocycles. The summed E-state index contributed by atoms with van der Waals surface area (Å²) in [5, 5.41) is 28.1. The third-order valence-corrected chi connectivity index (χ3v) is 15.8. The number of halogens is 2. The van der Waals surface area contributed by atoms with Gasteiger partial charge in [0.1, 0.15) is 28.9 Å². The zero-order chi connectivity index (χ0) is 53.3. The molecule has 2 atom stereocenters. The normalized spacial score (nSPS) is 19.2. The lowest BCUT2D eigenvalue weighted by Crippen LogP contribution is -2.55. The van der Waals surface area contributed by atoms with E-state index in [1.54, 1.807) is 42.5 Å². The number of amides is 3. The van der Waals surface area contributed by atoms with Crippen LogP contribution in [0.2, 0.25) is 0 Å². The van der Waals surface area contributed by atoms with Gasteiger partial charge in [-0.25, -0.2) is 13.6 Å². The second-order valence-corrected chi connectivity index (χ2v) is 23.0. The zero-order valence-corrected chi connectivity index (χ0v) is 44.9. The molecule has 0 bridgehead atoms. The Morgan fingerprint density at radius 1 is 0.934 bits per heavy atom. The second kappa shape index (κ2) is 21.8. The number of aryl methyl sites for hydroxylation is 1. The molecule has 6 N–H and O–H groups in total. The Bertz CT molecular complexity index is 3290. The first kappa shape index (κ1) is 52.3. The van der Waals surface area contributed by atoms with Gasteiger partial charge in [0, 0.05) is 141 Å². The highest BCUT2D eigenvalue weighted by Gasteiger charge is 2.38. The van der Waals surface area contributed by atoms with Gasteiger partial charge in [0.2, 0.25) is 23.7 Å². The molecule has 76 heavy (non-hydrogen) atoms. The molecule has 21 nitrogen and oxygen atoms in total. The Labute approximate surface area is 448 Å². The maximum atomic E-state index is 15.4. The first-order chi connectivity index (χ1) is 36.5. The largest absolute Gasteiger partial charge is 0.494 e. The lowest BCUT2D eigenvalue weighted by Gasteiger charge is -2.44. The Kier molecular flexibility index (Phi) is 15.0. The van der Waals surface area contributed by atoms with Crippen molar-refractivity contribution in [3.05, 3.63) is 83.7 Å². The van der Waals surface area contributed by atoms with E-state index in [0.717, 1.165) is 55.8 Å². The predicted octanol–water partition coefficient (Wildman–Crippen LogP) is 5.64. The standard InChI is InChI=1S/C52H61BrFN15O6S/c1-65-31-32(29-58-65)35-26-41(61-51-57-30-36(53)49(63-51)60-39-7-6-38-47(56-16-15-55-38)48(39)64-76(3,4)74)44(75-2)27-43(35)67-17-11-34(12-18-67)66-21-23-69(24-22-66)46(71)28-52(73)13-19-68(20-14-52)42-9-5-33(25-37(42)54)59-40-8-10-45(70)62-50(40)72/h5-7,9,15-16,25-27,29-31,34,40,59,73H,3,8,10-14,17-24,28H2,1-2,4H3,(H,64,74)(H,62,70,72)(H2,57,60,61,63). The van der Waals surface area contributed by atoms with Crippen LogP contribution in [0.3, 0.4) is 0 Å². The fourth-order valence-electron chi connectivity index (χ4n) is 10.5. The van der Waals surface area contributed by atoms with Crippen LogP contribution < -0.4 is 40.5 Å². The van der Waals surface area contributed by atoms with Crippen LogP contribution in [-0.4, -0.2) is 156 Å². The molecule has 3 aromatic heterocycles. The van der Waals surface area contributed by atoms with Crippen molar-refractivity contribution in [1.29, 1.82) is 0 Å². The van der Waals surface area contributed by atoms with Gasteiger partial charge in [-0.1, -0.05) is 0 Å². The van der Waals surface area contributed by atoms with Crippen molar-refractivity contribution in [2.75, 3.05) is 96.2 Å². The molecular formula is C52H61BrFN15O6S. The van der Waals surface area contributed by atoms with Crippen LogP contribution in [0, 0.1) is 5.82 Å². The number of carbonyl (C=O) groups is 3. The quantitative estimate of drug-likeness (QED) is 0.0539. The highest BCUT2D eigenvalue weighted by molar-refractivity contribution is 9.10. The van der Waals surface area contributed by atoms with E-state index in [2.05, 4.69) is 77.6 Å². The number of aromatic nitrogens is 6. The molecule has 0 radical (unpaired) electrons. The lowest BCUT2D eigenvalue weighted by molar-refractivity contribution is -0.139. The van der Waals surface area contributed by atoms with Gasteiger partial charge in [0.25, 0.3) is 0 Å². The van der Waals surface area contributed by atoms with E-state index in [1.165, 1.54) is 12.3 Å². The van der Waals surface area contributed by atoms with Gasteiger partial charge >= 0.3 is 0 Å². The van der Waals surface area contributed by atoms with E-state index in [4.69, 9.17) is 9.72 Å². The van der Waals surface area contributed by atoms with E-state index in [9.17, 15) is 23.7 Å². The summed E-state index contributed by atoms with van der Waals surface area (Å²) in [5.41, 5.74) is 5.36. The summed E-state index contributed by atoms with van der Waals surface area (Å²) in [6.07, 6.45) is 13.2. The maximum absolute atomic E-state index is 15.4. The molecule has 0 spiro atoms. The third-order valence-electron chi connectivity index (χ3n) is 14.6. The van der Waals surface area contributed by atoms with E-state index >= 15 is 4.39 Å². The van der Waals surface area contributed by atoms with Gasteiger partial charge in [0.15, 0.2) is 0 Å². The average molecular weight is 1120 g/mol. The van der Waals surface area contributed by atoms with Gasteiger partial charge in [-0.15, -0.1) is 0 Å². The van der Waals surface area contributed by atoms with Gasteiger partial charge in [-0.2, -0.15) is 10.1 Å². The van der Waals surface area contributed by atoms with Gasteiger partial charge in [-0.05, 0) is 90.3 Å². The highest BCUT2D eigenvalue weighted by Crippen LogP contribution is 2.42. The fraction of sp³-hybridized carbons (Fsp3) is 0.404. The lowest BCUT2D eigenvalue weighted by atomic mass is 9.87. The number of piperazine rings is 1. The summed E-state index contributed by atoms with van der Waals surface area (Å²) >= 11 is 3.59. The van der Waals surface area contributed by atoms with Crippen LogP contribution in [-0.2, 0) is 31.1 Å². The molecule has 4 aliphatic rings. The Hall–Kier alpha value is -7.15. The van der Waals surface area contributed by atoms with Crippen LogP contribution in [0.4, 0.5) is 50.3 Å². The van der Waals surface area contributed by atoms with E-state index in [0.29, 0.717) is 113 Å². The zero-order valence-electron chi connectivity index (χ0n) is 42.5. The molecule has 3 amide bonds. The predicted molar refractivity (Wildman–Crippen MR) is 296 cm³/mol. The SMILES string of the molecule is C=S(C)(=O)Nc1c(Nc2nc(Nc3cc(-c4cnn(C)c4)c(N4CCC(N5CCN(C(=O)CC6(O)CCN(c7ccc(NC8CCC(=O)NC8=O)cc7F)CC6)CC5)CC4)cc3OC)ncc2Br)ccc2nccnc12. The number of hydrogen-bond donors (Lipinski definition) is 6. The van der Waals surface area contributed by atoms with E-state index in [-0.39, 0.29) is 24.7 Å². The summed E-state index contributed by atoms with van der Waals surface area (Å²) in [6.45, 7) is 5.02. The molecule has 6 aromatic rings. The van der Waals surface area contributed by atoms with Crippen LogP contribution in [0.1, 0.15) is 44.9 Å². The van der Waals surface area contributed by atoms with Crippen molar-refractivity contribution < 1.29 is 32.8 Å². The van der Waals surface area contributed by atoms with Gasteiger partial charge < -0.3 is 45.2 Å². The minimum Gasteiger partial charge on any atom is -0.494 e.